The van der Waals surface area contributed by atoms with Gasteiger partial charge < -0.3 is 10.2 Å². The molecule has 1 aromatic heterocycles. The van der Waals surface area contributed by atoms with Crippen LogP contribution >= 0.6 is 0 Å². The summed E-state index contributed by atoms with van der Waals surface area (Å²) in [6, 6.07) is 10.3. The van der Waals surface area contributed by atoms with Crippen molar-refractivity contribution in [2.24, 2.45) is 0 Å². The lowest BCUT2D eigenvalue weighted by molar-refractivity contribution is -0.133. The summed E-state index contributed by atoms with van der Waals surface area (Å²) in [6.45, 7) is 2.97. The molecular formula is C22H28N4O4S. The van der Waals surface area contributed by atoms with Crippen LogP contribution in [0.2, 0.25) is 0 Å². The maximum absolute atomic E-state index is 12.6. The molecule has 1 aliphatic heterocycles. The monoisotopic (exact) mass is 444 g/mol. The second kappa shape index (κ2) is 10.0. The summed E-state index contributed by atoms with van der Waals surface area (Å²) in [7, 11) is -1.85. The number of benzene rings is 1. The number of aromatic nitrogens is 1. The third-order valence-corrected chi connectivity index (χ3v) is 7.16. The Bertz CT molecular complexity index is 1030. The van der Waals surface area contributed by atoms with E-state index in [4.69, 9.17) is 0 Å². The number of nitrogens with zero attached hydrogens (tertiary/aromatic N) is 3. The fourth-order valence-corrected chi connectivity index (χ4v) is 4.96. The third kappa shape index (κ3) is 6.11. The van der Waals surface area contributed by atoms with Crippen LogP contribution in [0.1, 0.15) is 30.4 Å². The summed E-state index contributed by atoms with van der Waals surface area (Å²) in [6.07, 6.45) is 4.10. The number of aryl methyl sites for hydroxylation is 2. The largest absolute Gasteiger partial charge is 0.336 e. The molecule has 0 bridgehead atoms. The van der Waals surface area contributed by atoms with E-state index in [2.05, 4.69) is 10.3 Å². The van der Waals surface area contributed by atoms with Gasteiger partial charge in [0.05, 0.1) is 11.4 Å². The maximum atomic E-state index is 12.6. The molecule has 0 unspecified atom stereocenters. The summed E-state index contributed by atoms with van der Waals surface area (Å²) >= 11 is 0. The molecule has 0 aliphatic carbocycles. The van der Waals surface area contributed by atoms with Gasteiger partial charge in [0.1, 0.15) is 5.82 Å². The highest BCUT2D eigenvalue weighted by molar-refractivity contribution is 7.89. The Morgan fingerprint density at radius 3 is 2.45 bits per heavy atom. The quantitative estimate of drug-likeness (QED) is 0.673. The van der Waals surface area contributed by atoms with Crippen molar-refractivity contribution in [3.63, 3.8) is 0 Å². The van der Waals surface area contributed by atoms with Crippen molar-refractivity contribution in [2.75, 3.05) is 32.0 Å². The molecule has 166 valence electrons. The van der Waals surface area contributed by atoms with Crippen molar-refractivity contribution >= 4 is 27.7 Å². The zero-order valence-electron chi connectivity index (χ0n) is 17.9. The molecule has 2 heterocycles. The molecule has 0 radical (unpaired) electrons. The minimum Gasteiger partial charge on any atom is -0.336 e. The van der Waals surface area contributed by atoms with Crippen molar-refractivity contribution in [1.82, 2.24) is 14.2 Å². The summed E-state index contributed by atoms with van der Waals surface area (Å²) < 4.78 is 26.7. The van der Waals surface area contributed by atoms with Gasteiger partial charge in [-0.1, -0.05) is 12.1 Å². The predicted molar refractivity (Wildman–Crippen MR) is 118 cm³/mol. The molecule has 0 spiro atoms. The van der Waals surface area contributed by atoms with Gasteiger partial charge in [-0.25, -0.2) is 13.4 Å². The zero-order valence-corrected chi connectivity index (χ0v) is 18.7. The van der Waals surface area contributed by atoms with E-state index in [-0.39, 0.29) is 29.7 Å². The third-order valence-electron chi connectivity index (χ3n) is 5.24. The molecule has 1 fully saturated rings. The molecule has 1 aromatic carbocycles. The van der Waals surface area contributed by atoms with Crippen molar-refractivity contribution < 1.29 is 18.0 Å². The topological polar surface area (TPSA) is 99.7 Å². The summed E-state index contributed by atoms with van der Waals surface area (Å²) in [5, 5.41) is 2.68. The minimum absolute atomic E-state index is 0.0680. The number of anilines is 1. The van der Waals surface area contributed by atoms with Gasteiger partial charge in [0.15, 0.2) is 0 Å². The van der Waals surface area contributed by atoms with Crippen molar-refractivity contribution in [3.05, 3.63) is 53.7 Å². The van der Waals surface area contributed by atoms with Crippen molar-refractivity contribution in [3.8, 4) is 0 Å². The van der Waals surface area contributed by atoms with Gasteiger partial charge in [0.25, 0.3) is 0 Å². The highest BCUT2D eigenvalue weighted by Gasteiger charge is 2.26. The number of amides is 2. The van der Waals surface area contributed by atoms with Crippen LogP contribution in [0.5, 0.6) is 0 Å². The highest BCUT2D eigenvalue weighted by Crippen LogP contribution is 2.21. The Labute approximate surface area is 183 Å². The molecule has 0 saturated carbocycles. The average molecular weight is 445 g/mol. The zero-order chi connectivity index (χ0) is 22.4. The Kier molecular flexibility index (Phi) is 7.40. The second-order valence-corrected chi connectivity index (χ2v) is 9.71. The van der Waals surface area contributed by atoms with Crippen LogP contribution in [-0.4, -0.2) is 61.1 Å². The van der Waals surface area contributed by atoms with E-state index in [1.165, 1.54) is 9.21 Å². The fourth-order valence-electron chi connectivity index (χ4n) is 3.44. The maximum Gasteiger partial charge on any atom is 0.245 e. The molecule has 3 rings (SSSR count). The van der Waals surface area contributed by atoms with Crippen molar-refractivity contribution in [1.29, 1.82) is 0 Å². The van der Waals surface area contributed by atoms with Gasteiger partial charge in [-0.05, 0) is 61.6 Å². The first-order valence-corrected chi connectivity index (χ1v) is 11.8. The first kappa shape index (κ1) is 22.9. The summed E-state index contributed by atoms with van der Waals surface area (Å²) in [5.74, 6) is -0.0265. The number of carbonyl (C=O) groups excluding carboxylic acids is 2. The minimum atomic E-state index is -3.43. The lowest BCUT2D eigenvalue weighted by Crippen LogP contribution is -2.35. The second-order valence-electron chi connectivity index (χ2n) is 7.77. The number of pyridine rings is 1. The predicted octanol–water partition coefficient (Wildman–Crippen LogP) is 2.20. The lowest BCUT2D eigenvalue weighted by Gasteiger charge is -2.17. The van der Waals surface area contributed by atoms with Crippen LogP contribution in [-0.2, 0) is 26.0 Å². The van der Waals surface area contributed by atoms with Crippen LogP contribution in [0.15, 0.2) is 47.5 Å². The molecule has 9 heteroatoms. The molecule has 2 aromatic rings. The number of rotatable bonds is 8. The molecule has 31 heavy (non-hydrogen) atoms. The number of nitrogens with one attached hydrogen (secondary N) is 1. The van der Waals surface area contributed by atoms with E-state index in [1.54, 1.807) is 43.6 Å². The number of likely N-dealkylation sites (N-methyl/N-ethyl adjacent to an activating group) is 1. The van der Waals surface area contributed by atoms with Crippen LogP contribution in [0, 0.1) is 6.92 Å². The molecule has 1 aliphatic rings. The van der Waals surface area contributed by atoms with Gasteiger partial charge in [0.2, 0.25) is 21.8 Å². The summed E-state index contributed by atoms with van der Waals surface area (Å²) in [4.78, 5) is 30.3. The lowest BCUT2D eigenvalue weighted by atomic mass is 10.1. The standard InChI is InChI=1S/C22H28N4O4S/c1-17-11-12-23-20(15-17)24-21(27)16-25(2)22(28)10-7-18-5-8-19(9-6-18)31(29,30)26-13-3-4-14-26/h5-6,8-9,11-12,15H,3-4,7,10,13-14,16H2,1-2H3,(H,23,24,27). The first-order chi connectivity index (χ1) is 14.8. The van der Waals surface area contributed by atoms with Gasteiger partial charge in [-0.2, -0.15) is 4.31 Å². The van der Waals surface area contributed by atoms with Crippen molar-refractivity contribution in [2.45, 2.75) is 37.5 Å². The van der Waals surface area contributed by atoms with E-state index in [1.807, 2.05) is 13.0 Å². The van der Waals surface area contributed by atoms with Gasteiger partial charge >= 0.3 is 0 Å². The molecule has 0 atom stereocenters. The average Bonchev–Trinajstić information content (AvgIpc) is 3.28. The van der Waals surface area contributed by atoms with Crippen LogP contribution in [0.25, 0.3) is 0 Å². The number of hydrogen-bond donors (Lipinski definition) is 1. The van der Waals surface area contributed by atoms with E-state index in [9.17, 15) is 18.0 Å². The molecule has 1 saturated heterocycles. The Hall–Kier alpha value is -2.78. The Morgan fingerprint density at radius 1 is 1.13 bits per heavy atom. The van der Waals surface area contributed by atoms with E-state index in [0.29, 0.717) is 25.3 Å². The number of carbonyl (C=O) groups is 2. The molecule has 1 N–H and O–H groups in total. The molecule has 2 amide bonds. The highest BCUT2D eigenvalue weighted by atomic mass is 32.2. The Balaban J connectivity index is 1.48. The molecular weight excluding hydrogens is 416 g/mol. The molecule has 8 nitrogen and oxygen atoms in total. The van der Waals surface area contributed by atoms with E-state index in [0.717, 1.165) is 24.0 Å². The van der Waals surface area contributed by atoms with Crippen LogP contribution in [0.3, 0.4) is 0 Å². The fraction of sp³-hybridized carbons (Fsp3) is 0.409. The van der Waals surface area contributed by atoms with Gasteiger partial charge in [-0.15, -0.1) is 0 Å². The van der Waals surface area contributed by atoms with Gasteiger partial charge in [0, 0.05) is 32.8 Å². The van der Waals surface area contributed by atoms with Crippen LogP contribution < -0.4 is 5.32 Å². The van der Waals surface area contributed by atoms with Gasteiger partial charge in [-0.3, -0.25) is 9.59 Å². The summed E-state index contributed by atoms with van der Waals surface area (Å²) in [5.41, 5.74) is 1.85. The normalized spacial score (nSPS) is 14.4. The Morgan fingerprint density at radius 2 is 1.81 bits per heavy atom. The van der Waals surface area contributed by atoms with E-state index >= 15 is 0 Å². The smallest absolute Gasteiger partial charge is 0.245 e. The first-order valence-electron chi connectivity index (χ1n) is 10.3. The SMILES string of the molecule is Cc1ccnc(NC(=O)CN(C)C(=O)CCc2ccc(S(=O)(=O)N3CCCC3)cc2)c1. The van der Waals surface area contributed by atoms with E-state index < -0.39 is 10.0 Å². The number of hydrogen-bond acceptors (Lipinski definition) is 5. The number of sulfonamides is 1. The van der Waals surface area contributed by atoms with Crippen LogP contribution in [0.4, 0.5) is 5.82 Å².